The highest BCUT2D eigenvalue weighted by Gasteiger charge is 2.16. The zero-order valence-electron chi connectivity index (χ0n) is 12.8. The van der Waals surface area contributed by atoms with E-state index in [1.54, 1.807) is 25.1 Å². The van der Waals surface area contributed by atoms with Gasteiger partial charge in [0.15, 0.2) is 0 Å². The number of hydrogen-bond donors (Lipinski definition) is 2. The molecule has 0 spiro atoms. The van der Waals surface area contributed by atoms with E-state index in [0.29, 0.717) is 23.7 Å². The fourth-order valence-electron chi connectivity index (χ4n) is 2.02. The van der Waals surface area contributed by atoms with Gasteiger partial charge in [-0.05, 0) is 31.0 Å². The van der Waals surface area contributed by atoms with E-state index in [2.05, 4.69) is 0 Å². The Hall–Kier alpha value is -2.24. The number of nitrogens with two attached hydrogens (primary N) is 2. The Balaban J connectivity index is 3.11. The van der Waals surface area contributed by atoms with Gasteiger partial charge in [0.1, 0.15) is 0 Å². The predicted molar refractivity (Wildman–Crippen MR) is 83.1 cm³/mol. The fraction of sp³-hybridized carbons (Fsp3) is 0.467. The van der Waals surface area contributed by atoms with Crippen molar-refractivity contribution in [1.82, 2.24) is 0 Å². The molecular formula is C15H23N3O3. The number of nitrogens with zero attached hydrogens (tertiary/aromatic N) is 1. The van der Waals surface area contributed by atoms with Gasteiger partial charge in [0, 0.05) is 17.9 Å². The van der Waals surface area contributed by atoms with Crippen LogP contribution in [0.15, 0.2) is 18.2 Å². The minimum absolute atomic E-state index is 0.0877. The SMILES string of the molecule is CCOC(=O)c1cc(N(CC(N)=O)CC(C)C)ccc1N. The second kappa shape index (κ2) is 7.52. The third-order valence-electron chi connectivity index (χ3n) is 2.83. The van der Waals surface area contributed by atoms with Gasteiger partial charge in [0.2, 0.25) is 5.91 Å². The lowest BCUT2D eigenvalue weighted by molar-refractivity contribution is -0.116. The Kier molecular flexibility index (Phi) is 6.02. The van der Waals surface area contributed by atoms with Crippen molar-refractivity contribution in [3.63, 3.8) is 0 Å². The molecule has 0 heterocycles. The molecule has 0 aromatic heterocycles. The Labute approximate surface area is 125 Å². The van der Waals surface area contributed by atoms with Gasteiger partial charge < -0.3 is 21.1 Å². The van der Waals surface area contributed by atoms with E-state index in [9.17, 15) is 9.59 Å². The van der Waals surface area contributed by atoms with E-state index in [-0.39, 0.29) is 13.2 Å². The van der Waals surface area contributed by atoms with Gasteiger partial charge in [0.05, 0.1) is 18.7 Å². The molecule has 1 rings (SSSR count). The highest BCUT2D eigenvalue weighted by Crippen LogP contribution is 2.23. The Morgan fingerprint density at radius 1 is 1.33 bits per heavy atom. The number of hydrogen-bond acceptors (Lipinski definition) is 5. The van der Waals surface area contributed by atoms with E-state index in [4.69, 9.17) is 16.2 Å². The Morgan fingerprint density at radius 2 is 2.00 bits per heavy atom. The maximum Gasteiger partial charge on any atom is 0.340 e. The standard InChI is InChI=1S/C15H23N3O3/c1-4-21-15(20)12-7-11(5-6-13(12)16)18(8-10(2)3)9-14(17)19/h5-7,10H,4,8-9,16H2,1-3H3,(H2,17,19). The summed E-state index contributed by atoms with van der Waals surface area (Å²) >= 11 is 0. The molecule has 4 N–H and O–H groups in total. The van der Waals surface area contributed by atoms with Gasteiger partial charge in [0.25, 0.3) is 0 Å². The van der Waals surface area contributed by atoms with Gasteiger partial charge >= 0.3 is 5.97 Å². The quantitative estimate of drug-likeness (QED) is 0.584. The Morgan fingerprint density at radius 3 is 2.52 bits per heavy atom. The molecule has 6 heteroatoms. The van der Waals surface area contributed by atoms with Crippen LogP contribution in [-0.4, -0.2) is 31.6 Å². The monoisotopic (exact) mass is 293 g/mol. The topological polar surface area (TPSA) is 98.6 Å². The maximum absolute atomic E-state index is 11.9. The molecule has 1 aromatic rings. The number of primary amides is 1. The summed E-state index contributed by atoms with van der Waals surface area (Å²) in [5, 5.41) is 0. The predicted octanol–water partition coefficient (Wildman–Crippen LogP) is 1.39. The molecule has 0 bridgehead atoms. The molecular weight excluding hydrogens is 270 g/mol. The number of rotatable bonds is 7. The smallest absolute Gasteiger partial charge is 0.340 e. The van der Waals surface area contributed by atoms with Crippen molar-refractivity contribution in [3.8, 4) is 0 Å². The number of esters is 1. The van der Waals surface area contributed by atoms with E-state index >= 15 is 0 Å². The minimum Gasteiger partial charge on any atom is -0.462 e. The van der Waals surface area contributed by atoms with Crippen LogP contribution < -0.4 is 16.4 Å². The van der Waals surface area contributed by atoms with E-state index in [1.807, 2.05) is 18.7 Å². The van der Waals surface area contributed by atoms with Crippen LogP contribution in [-0.2, 0) is 9.53 Å². The summed E-state index contributed by atoms with van der Waals surface area (Å²) in [6.07, 6.45) is 0. The van der Waals surface area contributed by atoms with Crippen LogP contribution in [0.3, 0.4) is 0 Å². The number of carbonyl (C=O) groups excluding carboxylic acids is 2. The van der Waals surface area contributed by atoms with Crippen LogP contribution in [0.2, 0.25) is 0 Å². The Bertz CT molecular complexity index is 515. The molecule has 0 aliphatic heterocycles. The van der Waals surface area contributed by atoms with Crippen molar-refractivity contribution in [2.24, 2.45) is 11.7 Å². The number of amides is 1. The highest BCUT2D eigenvalue weighted by atomic mass is 16.5. The van der Waals surface area contributed by atoms with Crippen LogP contribution in [0.4, 0.5) is 11.4 Å². The van der Waals surface area contributed by atoms with Crippen molar-refractivity contribution < 1.29 is 14.3 Å². The number of carbonyl (C=O) groups is 2. The van der Waals surface area contributed by atoms with Gasteiger partial charge in [-0.3, -0.25) is 4.79 Å². The average Bonchev–Trinajstić information content (AvgIpc) is 2.37. The summed E-state index contributed by atoms with van der Waals surface area (Å²) < 4.78 is 4.98. The maximum atomic E-state index is 11.9. The highest BCUT2D eigenvalue weighted by molar-refractivity contribution is 5.96. The molecule has 0 aliphatic rings. The summed E-state index contributed by atoms with van der Waals surface area (Å²) in [5.74, 6) is -0.557. The summed E-state index contributed by atoms with van der Waals surface area (Å²) in [4.78, 5) is 24.9. The largest absolute Gasteiger partial charge is 0.462 e. The van der Waals surface area contributed by atoms with Crippen LogP contribution in [0.5, 0.6) is 0 Å². The number of nitrogen functional groups attached to an aromatic ring is 1. The first-order valence-electron chi connectivity index (χ1n) is 6.95. The summed E-state index contributed by atoms with van der Waals surface area (Å²) in [6.45, 7) is 6.82. The molecule has 1 amide bonds. The summed E-state index contributed by atoms with van der Waals surface area (Å²) in [7, 11) is 0. The normalized spacial score (nSPS) is 10.5. The lowest BCUT2D eigenvalue weighted by Crippen LogP contribution is -2.36. The first-order chi connectivity index (χ1) is 9.85. The zero-order valence-corrected chi connectivity index (χ0v) is 12.8. The van der Waals surface area contributed by atoms with Gasteiger partial charge in [-0.2, -0.15) is 0 Å². The minimum atomic E-state index is -0.472. The van der Waals surface area contributed by atoms with Crippen molar-refractivity contribution in [3.05, 3.63) is 23.8 Å². The summed E-state index contributed by atoms with van der Waals surface area (Å²) in [6, 6.07) is 5.04. The van der Waals surface area contributed by atoms with Crippen molar-refractivity contribution >= 4 is 23.3 Å². The van der Waals surface area contributed by atoms with Crippen LogP contribution in [0.25, 0.3) is 0 Å². The van der Waals surface area contributed by atoms with Crippen LogP contribution in [0, 0.1) is 5.92 Å². The number of benzene rings is 1. The third-order valence-corrected chi connectivity index (χ3v) is 2.83. The lowest BCUT2D eigenvalue weighted by Gasteiger charge is -2.26. The van der Waals surface area contributed by atoms with E-state index in [1.165, 1.54) is 0 Å². The number of anilines is 2. The van der Waals surface area contributed by atoms with E-state index in [0.717, 1.165) is 5.69 Å². The molecule has 0 saturated carbocycles. The molecule has 0 aliphatic carbocycles. The molecule has 0 radical (unpaired) electrons. The molecule has 0 atom stereocenters. The van der Waals surface area contributed by atoms with Gasteiger partial charge in [-0.25, -0.2) is 4.79 Å². The molecule has 6 nitrogen and oxygen atoms in total. The number of ether oxygens (including phenoxy) is 1. The van der Waals surface area contributed by atoms with Gasteiger partial charge in [-0.15, -0.1) is 0 Å². The van der Waals surface area contributed by atoms with Crippen LogP contribution >= 0.6 is 0 Å². The fourth-order valence-corrected chi connectivity index (χ4v) is 2.02. The third kappa shape index (κ3) is 4.98. The summed E-state index contributed by atoms with van der Waals surface area (Å²) in [5.41, 5.74) is 12.5. The average molecular weight is 293 g/mol. The van der Waals surface area contributed by atoms with Crippen LogP contribution in [0.1, 0.15) is 31.1 Å². The molecule has 21 heavy (non-hydrogen) atoms. The lowest BCUT2D eigenvalue weighted by atomic mass is 10.1. The van der Waals surface area contributed by atoms with Crippen molar-refractivity contribution in [1.29, 1.82) is 0 Å². The zero-order chi connectivity index (χ0) is 16.0. The van der Waals surface area contributed by atoms with Gasteiger partial charge in [-0.1, -0.05) is 13.8 Å². The molecule has 1 aromatic carbocycles. The second-order valence-corrected chi connectivity index (χ2v) is 5.23. The molecule has 116 valence electrons. The first-order valence-corrected chi connectivity index (χ1v) is 6.95. The van der Waals surface area contributed by atoms with Crippen molar-refractivity contribution in [2.45, 2.75) is 20.8 Å². The molecule has 0 fully saturated rings. The molecule has 0 unspecified atom stereocenters. The molecule has 0 saturated heterocycles. The second-order valence-electron chi connectivity index (χ2n) is 5.23. The van der Waals surface area contributed by atoms with Crippen molar-refractivity contribution in [2.75, 3.05) is 30.3 Å². The first kappa shape index (κ1) is 16.8. The van der Waals surface area contributed by atoms with E-state index < -0.39 is 11.9 Å².